The minimum absolute atomic E-state index is 0.325. The van der Waals surface area contributed by atoms with Crippen LogP contribution in [0.5, 0.6) is 5.75 Å². The van der Waals surface area contributed by atoms with Gasteiger partial charge in [0, 0.05) is 13.2 Å². The second-order valence-corrected chi connectivity index (χ2v) is 4.93. The summed E-state index contributed by atoms with van der Waals surface area (Å²) in [5.41, 5.74) is 1.32. The lowest BCUT2D eigenvalue weighted by atomic mass is 10.00. The van der Waals surface area contributed by atoms with Crippen molar-refractivity contribution in [3.05, 3.63) is 29.8 Å². The van der Waals surface area contributed by atoms with Gasteiger partial charge < -0.3 is 14.8 Å². The minimum atomic E-state index is 0.325. The van der Waals surface area contributed by atoms with E-state index in [2.05, 4.69) is 37.4 Å². The number of ether oxygens (including phenoxy) is 2. The molecular formula is C16H27NO2. The van der Waals surface area contributed by atoms with Crippen molar-refractivity contribution in [1.82, 2.24) is 5.32 Å². The van der Waals surface area contributed by atoms with Crippen LogP contribution in [0.1, 0.15) is 32.3 Å². The molecule has 0 fully saturated rings. The SMILES string of the molecule is CCNC(CCC(C)OC)Cc1cccc(OC)c1. The van der Waals surface area contributed by atoms with Gasteiger partial charge in [0.05, 0.1) is 13.2 Å². The van der Waals surface area contributed by atoms with Gasteiger partial charge in [-0.05, 0) is 50.4 Å². The molecule has 3 heteroatoms. The van der Waals surface area contributed by atoms with Gasteiger partial charge in [0.1, 0.15) is 5.75 Å². The molecule has 0 aliphatic carbocycles. The monoisotopic (exact) mass is 265 g/mol. The van der Waals surface area contributed by atoms with E-state index in [0.717, 1.165) is 31.6 Å². The van der Waals surface area contributed by atoms with Crippen molar-refractivity contribution in [3.63, 3.8) is 0 Å². The summed E-state index contributed by atoms with van der Waals surface area (Å²) in [7, 11) is 3.48. The zero-order chi connectivity index (χ0) is 14.1. The van der Waals surface area contributed by atoms with Gasteiger partial charge in [-0.2, -0.15) is 0 Å². The van der Waals surface area contributed by atoms with Gasteiger partial charge in [-0.1, -0.05) is 19.1 Å². The summed E-state index contributed by atoms with van der Waals surface area (Å²) < 4.78 is 10.6. The summed E-state index contributed by atoms with van der Waals surface area (Å²) in [5.74, 6) is 0.929. The Hall–Kier alpha value is -1.06. The molecule has 3 nitrogen and oxygen atoms in total. The van der Waals surface area contributed by atoms with E-state index in [1.807, 2.05) is 6.07 Å². The second-order valence-electron chi connectivity index (χ2n) is 4.93. The predicted octanol–water partition coefficient (Wildman–Crippen LogP) is 3.03. The topological polar surface area (TPSA) is 30.5 Å². The molecule has 0 heterocycles. The van der Waals surface area contributed by atoms with Crippen LogP contribution in [0.25, 0.3) is 0 Å². The molecule has 1 N–H and O–H groups in total. The number of likely N-dealkylation sites (N-methyl/N-ethyl adjacent to an activating group) is 1. The average Bonchev–Trinajstić information content (AvgIpc) is 2.44. The third kappa shape index (κ3) is 6.08. The molecule has 0 spiro atoms. The van der Waals surface area contributed by atoms with Gasteiger partial charge in [0.15, 0.2) is 0 Å². The lowest BCUT2D eigenvalue weighted by Gasteiger charge is -2.20. The maximum absolute atomic E-state index is 5.32. The van der Waals surface area contributed by atoms with Gasteiger partial charge in [0.2, 0.25) is 0 Å². The molecule has 1 aromatic rings. The molecule has 2 unspecified atom stereocenters. The van der Waals surface area contributed by atoms with Crippen LogP contribution in [-0.2, 0) is 11.2 Å². The summed E-state index contributed by atoms with van der Waals surface area (Å²) >= 11 is 0. The van der Waals surface area contributed by atoms with Crippen LogP contribution >= 0.6 is 0 Å². The van der Waals surface area contributed by atoms with Crippen molar-refractivity contribution in [1.29, 1.82) is 0 Å². The molecule has 0 aromatic heterocycles. The lowest BCUT2D eigenvalue weighted by Crippen LogP contribution is -2.31. The maximum atomic E-state index is 5.32. The third-order valence-electron chi connectivity index (χ3n) is 3.43. The van der Waals surface area contributed by atoms with E-state index in [1.54, 1.807) is 14.2 Å². The molecule has 0 radical (unpaired) electrons. The smallest absolute Gasteiger partial charge is 0.119 e. The highest BCUT2D eigenvalue weighted by molar-refractivity contribution is 5.28. The molecule has 108 valence electrons. The van der Waals surface area contributed by atoms with E-state index >= 15 is 0 Å². The zero-order valence-electron chi connectivity index (χ0n) is 12.6. The van der Waals surface area contributed by atoms with E-state index in [1.165, 1.54) is 5.56 Å². The van der Waals surface area contributed by atoms with Crippen LogP contribution in [-0.4, -0.2) is 32.9 Å². The van der Waals surface area contributed by atoms with Crippen LogP contribution in [0.4, 0.5) is 0 Å². The number of hydrogen-bond donors (Lipinski definition) is 1. The number of benzene rings is 1. The first-order chi connectivity index (χ1) is 9.19. The molecule has 0 bridgehead atoms. The largest absolute Gasteiger partial charge is 0.497 e. The normalized spacial score (nSPS) is 14.1. The molecule has 0 amide bonds. The van der Waals surface area contributed by atoms with Crippen molar-refractivity contribution >= 4 is 0 Å². The molecular weight excluding hydrogens is 238 g/mol. The summed E-state index contributed by atoms with van der Waals surface area (Å²) in [4.78, 5) is 0. The highest BCUT2D eigenvalue weighted by Crippen LogP contribution is 2.16. The van der Waals surface area contributed by atoms with Crippen molar-refractivity contribution in [3.8, 4) is 5.75 Å². The molecule has 0 aliphatic rings. The zero-order valence-corrected chi connectivity index (χ0v) is 12.6. The molecule has 0 saturated heterocycles. The van der Waals surface area contributed by atoms with Crippen molar-refractivity contribution in [2.24, 2.45) is 0 Å². The minimum Gasteiger partial charge on any atom is -0.497 e. The highest BCUT2D eigenvalue weighted by Gasteiger charge is 2.11. The van der Waals surface area contributed by atoms with Gasteiger partial charge in [-0.15, -0.1) is 0 Å². The van der Waals surface area contributed by atoms with E-state index in [9.17, 15) is 0 Å². The Bertz CT molecular complexity index is 354. The summed E-state index contributed by atoms with van der Waals surface area (Å²) in [6.07, 6.45) is 3.56. The highest BCUT2D eigenvalue weighted by atomic mass is 16.5. The second kappa shape index (κ2) is 8.94. The van der Waals surface area contributed by atoms with Crippen LogP contribution in [0, 0.1) is 0 Å². The Kier molecular flexibility index (Phi) is 7.53. The number of nitrogens with one attached hydrogen (secondary N) is 1. The van der Waals surface area contributed by atoms with E-state index in [4.69, 9.17) is 9.47 Å². The number of methoxy groups -OCH3 is 2. The van der Waals surface area contributed by atoms with Crippen molar-refractivity contribution < 1.29 is 9.47 Å². The molecule has 1 aromatic carbocycles. The van der Waals surface area contributed by atoms with Gasteiger partial charge in [-0.25, -0.2) is 0 Å². The fourth-order valence-corrected chi connectivity index (χ4v) is 2.20. The predicted molar refractivity (Wildman–Crippen MR) is 79.9 cm³/mol. The third-order valence-corrected chi connectivity index (χ3v) is 3.43. The molecule has 1 rings (SSSR count). The standard InChI is InChI=1S/C16H27NO2/c1-5-17-15(10-9-13(2)18-3)11-14-7-6-8-16(12-14)19-4/h6-8,12-13,15,17H,5,9-11H2,1-4H3. The first-order valence-electron chi connectivity index (χ1n) is 7.08. The van der Waals surface area contributed by atoms with Crippen molar-refractivity contribution in [2.45, 2.75) is 45.3 Å². The Morgan fingerprint density at radius 3 is 2.63 bits per heavy atom. The molecule has 0 aliphatic heterocycles. The Labute approximate surface area is 117 Å². The van der Waals surface area contributed by atoms with Gasteiger partial charge in [0.25, 0.3) is 0 Å². The Balaban J connectivity index is 2.56. The lowest BCUT2D eigenvalue weighted by molar-refractivity contribution is 0.106. The first-order valence-corrected chi connectivity index (χ1v) is 7.08. The van der Waals surface area contributed by atoms with Gasteiger partial charge >= 0.3 is 0 Å². The fraction of sp³-hybridized carbons (Fsp3) is 0.625. The number of rotatable bonds is 9. The Morgan fingerprint density at radius 1 is 1.21 bits per heavy atom. The average molecular weight is 265 g/mol. The Morgan fingerprint density at radius 2 is 2.00 bits per heavy atom. The molecule has 2 atom stereocenters. The first kappa shape index (κ1) is 16.0. The number of hydrogen-bond acceptors (Lipinski definition) is 3. The van der Waals surface area contributed by atoms with Crippen molar-refractivity contribution in [2.75, 3.05) is 20.8 Å². The summed E-state index contributed by atoms with van der Waals surface area (Å²) in [6, 6.07) is 8.81. The van der Waals surface area contributed by atoms with Crippen LogP contribution in [0.3, 0.4) is 0 Å². The summed E-state index contributed by atoms with van der Waals surface area (Å²) in [5, 5.41) is 3.55. The quantitative estimate of drug-likeness (QED) is 0.744. The van der Waals surface area contributed by atoms with Crippen LogP contribution in [0.15, 0.2) is 24.3 Å². The van der Waals surface area contributed by atoms with E-state index in [0.29, 0.717) is 12.1 Å². The fourth-order valence-electron chi connectivity index (χ4n) is 2.20. The molecule has 19 heavy (non-hydrogen) atoms. The maximum Gasteiger partial charge on any atom is 0.119 e. The summed E-state index contributed by atoms with van der Waals surface area (Å²) in [6.45, 7) is 5.27. The molecule has 0 saturated carbocycles. The van der Waals surface area contributed by atoms with E-state index < -0.39 is 0 Å². The van der Waals surface area contributed by atoms with Gasteiger partial charge in [-0.3, -0.25) is 0 Å². The van der Waals surface area contributed by atoms with E-state index in [-0.39, 0.29) is 0 Å². The van der Waals surface area contributed by atoms with Crippen LogP contribution < -0.4 is 10.1 Å². The van der Waals surface area contributed by atoms with Crippen LogP contribution in [0.2, 0.25) is 0 Å².